The van der Waals surface area contributed by atoms with E-state index in [-0.39, 0.29) is 5.78 Å². The highest BCUT2D eigenvalue weighted by atomic mass is 16.1. The molecule has 80 valence electrons. The first kappa shape index (κ1) is 13.8. The molecule has 0 radical (unpaired) electrons. The maximum Gasteiger partial charge on any atom is 0.130 e. The monoisotopic (exact) mass is 210 g/mol. The zero-order valence-corrected chi connectivity index (χ0v) is 9.63. The van der Waals surface area contributed by atoms with Gasteiger partial charge in [-0.05, 0) is 50.0 Å². The van der Waals surface area contributed by atoms with E-state index in [4.69, 9.17) is 0 Å². The molecule has 0 aliphatic heterocycles. The first-order valence-electron chi connectivity index (χ1n) is 5.00. The smallest absolute Gasteiger partial charge is 0.130 e. The largest absolute Gasteiger partial charge is 0.300 e. The fourth-order valence-electron chi connectivity index (χ4n) is 0.768. The molecule has 0 fully saturated rings. The molecule has 0 aliphatic rings. The lowest BCUT2D eigenvalue weighted by atomic mass is 10.2. The summed E-state index contributed by atoms with van der Waals surface area (Å²) in [4.78, 5) is 10.6. The molecule has 0 unspecified atom stereocenters. The second kappa shape index (κ2) is 10.9. The molecule has 0 bridgehead atoms. The molecule has 0 aliphatic carbocycles. The third-order valence-corrected chi connectivity index (χ3v) is 1.47. The summed E-state index contributed by atoms with van der Waals surface area (Å²) in [6.45, 7) is 3.32. The highest BCUT2D eigenvalue weighted by molar-refractivity contribution is 5.75. The average molecular weight is 210 g/mol. The van der Waals surface area contributed by atoms with Gasteiger partial charge in [-0.2, -0.15) is 0 Å². The van der Waals surface area contributed by atoms with Crippen LogP contribution in [0.4, 0.5) is 0 Å². The zero-order chi connectivity index (χ0) is 12.1. The first-order chi connectivity index (χ1) is 7.77. The van der Waals surface area contributed by atoms with E-state index in [1.807, 2.05) is 18.2 Å². The van der Waals surface area contributed by atoms with Gasteiger partial charge in [0.2, 0.25) is 0 Å². The summed E-state index contributed by atoms with van der Waals surface area (Å²) in [5, 5.41) is 0. The molecule has 1 heteroatoms. The Kier molecular flexibility index (Phi) is 9.43. The minimum absolute atomic E-state index is 0.209. The maximum absolute atomic E-state index is 10.6. The Hall–Kier alpha value is -2.17. The van der Waals surface area contributed by atoms with E-state index in [1.165, 1.54) is 0 Å². The average Bonchev–Trinajstić information content (AvgIpc) is 2.25. The van der Waals surface area contributed by atoms with Crippen LogP contribution in [0.1, 0.15) is 26.7 Å². The van der Waals surface area contributed by atoms with Gasteiger partial charge in [-0.15, -0.1) is 0 Å². The van der Waals surface area contributed by atoms with Crippen molar-refractivity contribution in [3.63, 3.8) is 0 Å². The van der Waals surface area contributed by atoms with Crippen molar-refractivity contribution in [2.75, 3.05) is 0 Å². The Bertz CT molecular complexity index is 445. The fourth-order valence-corrected chi connectivity index (χ4v) is 0.768. The summed E-state index contributed by atoms with van der Waals surface area (Å²) in [5.41, 5.74) is 0. The summed E-state index contributed by atoms with van der Waals surface area (Å²) < 4.78 is 0. The Labute approximate surface area is 97.6 Å². The molecular formula is C15H14O. The van der Waals surface area contributed by atoms with Crippen LogP contribution in [-0.2, 0) is 4.79 Å². The van der Waals surface area contributed by atoms with Gasteiger partial charge in [-0.25, -0.2) is 0 Å². The van der Waals surface area contributed by atoms with Crippen molar-refractivity contribution >= 4 is 5.78 Å². The van der Waals surface area contributed by atoms with E-state index in [9.17, 15) is 4.79 Å². The van der Waals surface area contributed by atoms with Crippen LogP contribution < -0.4 is 0 Å². The minimum atomic E-state index is 0.209. The summed E-state index contributed by atoms with van der Waals surface area (Å²) in [6.07, 6.45) is 8.71. The Morgan fingerprint density at radius 2 is 1.88 bits per heavy atom. The van der Waals surface area contributed by atoms with Gasteiger partial charge in [0.1, 0.15) is 5.78 Å². The van der Waals surface area contributed by atoms with Crippen LogP contribution in [0.3, 0.4) is 0 Å². The highest BCUT2D eigenvalue weighted by Gasteiger charge is 1.86. The normalized spacial score (nSPS) is 8.62. The van der Waals surface area contributed by atoms with Crippen molar-refractivity contribution in [2.45, 2.75) is 26.7 Å². The second-order valence-corrected chi connectivity index (χ2v) is 2.92. The van der Waals surface area contributed by atoms with Crippen LogP contribution in [0.15, 0.2) is 24.3 Å². The van der Waals surface area contributed by atoms with Crippen LogP contribution >= 0.6 is 0 Å². The van der Waals surface area contributed by atoms with Crippen LogP contribution in [-0.4, -0.2) is 5.78 Å². The molecule has 0 amide bonds. The molecule has 0 saturated carbocycles. The number of allylic oxidation sites excluding steroid dienone is 4. The summed E-state index contributed by atoms with van der Waals surface area (Å²) in [7, 11) is 0. The first-order valence-corrected chi connectivity index (χ1v) is 5.00. The standard InChI is InChI=1S/C15H14O/c1-3-4-5-6-7-8-9-10-11-12-13-14-15(2)16/h9-12H,13-14H2,1-2H3. The van der Waals surface area contributed by atoms with Gasteiger partial charge in [0.05, 0.1) is 0 Å². The molecule has 0 heterocycles. The summed E-state index contributed by atoms with van der Waals surface area (Å²) in [6, 6.07) is 0. The number of hydrogen-bond donors (Lipinski definition) is 0. The SMILES string of the molecule is CC#CC#CC#CC=CC=CCCC(C)=O. The van der Waals surface area contributed by atoms with Gasteiger partial charge >= 0.3 is 0 Å². The number of ketones is 1. The molecule has 0 aromatic rings. The van der Waals surface area contributed by atoms with Crippen molar-refractivity contribution in [1.82, 2.24) is 0 Å². The van der Waals surface area contributed by atoms with Gasteiger partial charge in [0.25, 0.3) is 0 Å². The Morgan fingerprint density at radius 3 is 2.56 bits per heavy atom. The molecule has 0 atom stereocenters. The number of carbonyl (C=O) groups excluding carboxylic acids is 1. The molecule has 0 aromatic carbocycles. The van der Waals surface area contributed by atoms with Crippen LogP contribution in [0.25, 0.3) is 0 Å². The zero-order valence-electron chi connectivity index (χ0n) is 9.63. The van der Waals surface area contributed by atoms with Crippen LogP contribution in [0.5, 0.6) is 0 Å². The van der Waals surface area contributed by atoms with Crippen molar-refractivity contribution in [2.24, 2.45) is 0 Å². The highest BCUT2D eigenvalue weighted by Crippen LogP contribution is 1.91. The quantitative estimate of drug-likeness (QED) is 0.514. The predicted molar refractivity (Wildman–Crippen MR) is 67.2 cm³/mol. The lowest BCUT2D eigenvalue weighted by molar-refractivity contribution is -0.116. The Balaban J connectivity index is 3.80. The van der Waals surface area contributed by atoms with E-state index >= 15 is 0 Å². The Morgan fingerprint density at radius 1 is 1.12 bits per heavy atom. The molecule has 16 heavy (non-hydrogen) atoms. The fraction of sp³-hybridized carbons (Fsp3) is 0.267. The maximum atomic E-state index is 10.6. The number of hydrogen-bond acceptors (Lipinski definition) is 1. The summed E-state index contributed by atoms with van der Waals surface area (Å²) in [5.74, 6) is 16.0. The molecular weight excluding hydrogens is 196 g/mol. The van der Waals surface area contributed by atoms with Gasteiger partial charge in [-0.1, -0.05) is 30.1 Å². The van der Waals surface area contributed by atoms with Crippen LogP contribution in [0, 0.1) is 35.5 Å². The molecule has 1 nitrogen and oxygen atoms in total. The van der Waals surface area contributed by atoms with Crippen molar-refractivity contribution in [1.29, 1.82) is 0 Å². The third-order valence-electron chi connectivity index (χ3n) is 1.47. The summed E-state index contributed by atoms with van der Waals surface area (Å²) >= 11 is 0. The number of rotatable bonds is 4. The van der Waals surface area contributed by atoms with Crippen molar-refractivity contribution in [3.8, 4) is 35.5 Å². The van der Waals surface area contributed by atoms with E-state index in [1.54, 1.807) is 19.9 Å². The molecule has 0 N–H and O–H groups in total. The lowest BCUT2D eigenvalue weighted by Gasteiger charge is -1.85. The minimum Gasteiger partial charge on any atom is -0.300 e. The lowest BCUT2D eigenvalue weighted by Crippen LogP contribution is -1.85. The second-order valence-electron chi connectivity index (χ2n) is 2.92. The van der Waals surface area contributed by atoms with Gasteiger partial charge in [-0.3, -0.25) is 0 Å². The van der Waals surface area contributed by atoms with E-state index in [0.717, 1.165) is 6.42 Å². The van der Waals surface area contributed by atoms with E-state index < -0.39 is 0 Å². The van der Waals surface area contributed by atoms with Gasteiger partial charge in [0, 0.05) is 6.42 Å². The number of Topliss-reactive ketones (excluding diaryl/α,β-unsaturated/α-hetero) is 1. The topological polar surface area (TPSA) is 17.1 Å². The van der Waals surface area contributed by atoms with E-state index in [2.05, 4.69) is 35.5 Å². The number of carbonyl (C=O) groups is 1. The van der Waals surface area contributed by atoms with Gasteiger partial charge in [0.15, 0.2) is 0 Å². The molecule has 0 rings (SSSR count). The molecule has 0 aromatic heterocycles. The predicted octanol–water partition coefficient (Wildman–Crippen LogP) is 2.50. The van der Waals surface area contributed by atoms with Gasteiger partial charge < -0.3 is 4.79 Å². The van der Waals surface area contributed by atoms with Crippen LogP contribution in [0.2, 0.25) is 0 Å². The molecule has 0 spiro atoms. The molecule has 0 saturated heterocycles. The van der Waals surface area contributed by atoms with E-state index in [0.29, 0.717) is 6.42 Å². The third kappa shape index (κ3) is 11.8. The van der Waals surface area contributed by atoms with Crippen molar-refractivity contribution < 1.29 is 4.79 Å². The van der Waals surface area contributed by atoms with Crippen molar-refractivity contribution in [3.05, 3.63) is 24.3 Å².